The Balaban J connectivity index is 2.32. The Kier molecular flexibility index (Phi) is 9.28. The molecule has 6 nitrogen and oxygen atoms in total. The molecule has 0 aliphatic carbocycles. The lowest BCUT2D eigenvalue weighted by Crippen LogP contribution is -2.25. The van der Waals surface area contributed by atoms with Crippen LogP contribution < -0.4 is 9.47 Å². The molecule has 0 radical (unpaired) electrons. The van der Waals surface area contributed by atoms with Gasteiger partial charge in [0.05, 0.1) is 0 Å². The van der Waals surface area contributed by atoms with Gasteiger partial charge < -0.3 is 14.6 Å². The Morgan fingerprint density at radius 3 is 1.48 bits per heavy atom. The average Bonchev–Trinajstić information content (AvgIpc) is 2.72. The summed E-state index contributed by atoms with van der Waals surface area (Å²) in [6.45, 7) is 5.47. The summed E-state index contributed by atoms with van der Waals surface area (Å²) < 4.78 is 10.1. The number of benzene rings is 2. The maximum atomic E-state index is 11.8. The molecule has 0 aliphatic heterocycles. The highest BCUT2D eigenvalue weighted by molar-refractivity contribution is 14.1. The number of esters is 2. The molecule has 2 aromatic carbocycles. The lowest BCUT2D eigenvalue weighted by atomic mass is 9.73. The number of carboxylic acid groups (broad SMARTS) is 1. The normalized spacial score (nSPS) is 14.7. The highest BCUT2D eigenvalue weighted by Gasteiger charge is 2.30. The van der Waals surface area contributed by atoms with E-state index in [0.29, 0.717) is 17.9 Å². The number of rotatable bonds is 9. The molecule has 8 heteroatoms. The predicted octanol–water partition coefficient (Wildman–Crippen LogP) is 5.32. The molecule has 0 aromatic heterocycles. The number of carbonyl (C=O) groups is 3. The van der Waals surface area contributed by atoms with Crippen LogP contribution in [0, 0.1) is 0 Å². The summed E-state index contributed by atoms with van der Waals surface area (Å²) in [5, 5.41) is 9.24. The van der Waals surface area contributed by atoms with E-state index in [0.717, 1.165) is 11.1 Å². The highest BCUT2D eigenvalue weighted by atomic mass is 127. The molecule has 0 heterocycles. The van der Waals surface area contributed by atoms with Gasteiger partial charge in [-0.2, -0.15) is 0 Å². The number of aliphatic carboxylic acids is 1. The van der Waals surface area contributed by atoms with Crippen molar-refractivity contribution in [3.63, 3.8) is 0 Å². The molecule has 0 spiro atoms. The first-order valence-electron chi connectivity index (χ1n) is 9.67. The fourth-order valence-corrected chi connectivity index (χ4v) is 3.24. The first-order chi connectivity index (χ1) is 14.5. The van der Waals surface area contributed by atoms with Gasteiger partial charge in [0.15, 0.2) is 0 Å². The summed E-state index contributed by atoms with van der Waals surface area (Å²) in [6.07, 6.45) is 0.360. The van der Waals surface area contributed by atoms with Crippen molar-refractivity contribution in [2.24, 2.45) is 0 Å². The molecule has 31 heavy (non-hydrogen) atoms. The second-order valence-corrected chi connectivity index (χ2v) is 11.1. The Morgan fingerprint density at radius 2 is 1.19 bits per heavy atom. The molecule has 1 N–H and O–H groups in total. The third-order valence-electron chi connectivity index (χ3n) is 4.91. The molecule has 2 rings (SSSR count). The minimum absolute atomic E-state index is 0.0112. The summed E-state index contributed by atoms with van der Waals surface area (Å²) in [7, 11) is 0. The van der Waals surface area contributed by atoms with Crippen LogP contribution in [0.25, 0.3) is 0 Å². The van der Waals surface area contributed by atoms with Crippen LogP contribution in [-0.4, -0.2) is 30.9 Å². The van der Waals surface area contributed by atoms with Crippen molar-refractivity contribution < 1.29 is 29.0 Å². The van der Waals surface area contributed by atoms with E-state index in [4.69, 9.17) is 9.47 Å². The van der Waals surface area contributed by atoms with Gasteiger partial charge in [0.25, 0.3) is 0 Å². The Hall–Kier alpha value is -1.69. The summed E-state index contributed by atoms with van der Waals surface area (Å²) in [4.78, 5) is 34.9. The lowest BCUT2D eigenvalue weighted by molar-refractivity contribution is -0.137. The van der Waals surface area contributed by atoms with E-state index in [9.17, 15) is 19.5 Å². The zero-order chi connectivity index (χ0) is 23.2. The Labute approximate surface area is 209 Å². The van der Waals surface area contributed by atoms with E-state index in [1.807, 2.05) is 76.4 Å². The molecule has 0 aliphatic rings. The van der Waals surface area contributed by atoms with Crippen molar-refractivity contribution in [2.45, 2.75) is 46.9 Å². The molecule has 2 unspecified atom stereocenters. The van der Waals surface area contributed by atoms with Crippen molar-refractivity contribution in [2.75, 3.05) is 0 Å². The summed E-state index contributed by atoms with van der Waals surface area (Å²) >= 11 is 3.98. The summed E-state index contributed by atoms with van der Waals surface area (Å²) in [6, 6.07) is 14.2. The van der Waals surface area contributed by atoms with Crippen LogP contribution in [0.3, 0.4) is 0 Å². The van der Waals surface area contributed by atoms with Crippen LogP contribution in [0.1, 0.15) is 44.7 Å². The van der Waals surface area contributed by atoms with Gasteiger partial charge in [-0.15, -0.1) is 0 Å². The third kappa shape index (κ3) is 7.16. The number of carboxylic acids is 1. The number of alkyl halides is 2. The zero-order valence-electron chi connectivity index (χ0n) is 17.4. The molecule has 0 amide bonds. The summed E-state index contributed by atoms with van der Waals surface area (Å²) in [5.41, 5.74) is 1.18. The quantitative estimate of drug-likeness (QED) is 0.171. The van der Waals surface area contributed by atoms with Crippen molar-refractivity contribution >= 4 is 63.1 Å². The van der Waals surface area contributed by atoms with E-state index in [2.05, 4.69) is 0 Å². The fraction of sp³-hybridized carbons (Fsp3) is 0.348. The molecular weight excluding hydrogens is 626 g/mol. The van der Waals surface area contributed by atoms with Crippen LogP contribution in [0.2, 0.25) is 0 Å². The Bertz CT molecular complexity index is 855. The first-order valence-corrected chi connectivity index (χ1v) is 12.2. The van der Waals surface area contributed by atoms with E-state index in [1.54, 1.807) is 38.1 Å². The van der Waals surface area contributed by atoms with Crippen LogP contribution >= 0.6 is 45.2 Å². The molecule has 2 atom stereocenters. The van der Waals surface area contributed by atoms with Crippen molar-refractivity contribution in [1.29, 1.82) is 0 Å². The van der Waals surface area contributed by atoms with E-state index in [-0.39, 0.29) is 26.2 Å². The fourth-order valence-electron chi connectivity index (χ4n) is 2.99. The number of hydrogen-bond donors (Lipinski definition) is 1. The second-order valence-electron chi connectivity index (χ2n) is 7.35. The van der Waals surface area contributed by atoms with Crippen LogP contribution in [0.5, 0.6) is 11.5 Å². The van der Waals surface area contributed by atoms with Gasteiger partial charge in [-0.1, -0.05) is 76.4 Å². The zero-order valence-corrected chi connectivity index (χ0v) is 21.7. The SMILES string of the molecule is CC(I)C(=O)Oc1ccc(C(C)(CCC(=O)O)c2ccc(OC(=O)C(C)I)cc2)cc1. The molecule has 0 bridgehead atoms. The van der Waals surface area contributed by atoms with Crippen molar-refractivity contribution in [3.8, 4) is 11.5 Å². The monoisotopic (exact) mass is 650 g/mol. The molecule has 0 saturated carbocycles. The minimum Gasteiger partial charge on any atom is -0.481 e. The van der Waals surface area contributed by atoms with Crippen LogP contribution in [-0.2, 0) is 19.8 Å². The molecule has 166 valence electrons. The van der Waals surface area contributed by atoms with Gasteiger partial charge in [0.1, 0.15) is 19.3 Å². The smallest absolute Gasteiger partial charge is 0.323 e. The van der Waals surface area contributed by atoms with Gasteiger partial charge in [-0.05, 0) is 55.7 Å². The van der Waals surface area contributed by atoms with Gasteiger partial charge in [-0.25, -0.2) is 0 Å². The topological polar surface area (TPSA) is 89.9 Å². The molecule has 0 fully saturated rings. The lowest BCUT2D eigenvalue weighted by Gasteiger charge is -2.31. The third-order valence-corrected chi connectivity index (χ3v) is 5.93. The van der Waals surface area contributed by atoms with Crippen molar-refractivity contribution in [3.05, 3.63) is 59.7 Å². The van der Waals surface area contributed by atoms with Gasteiger partial charge in [-0.3, -0.25) is 14.4 Å². The standard InChI is InChI=1S/C23H24I2O6/c1-14(24)21(28)30-18-8-4-16(5-9-18)23(3,13-12-20(26)27)17-6-10-19(11-7-17)31-22(29)15(2)25/h4-11,14-15H,12-13H2,1-3H3,(H,26,27). The first kappa shape index (κ1) is 25.6. The van der Waals surface area contributed by atoms with Gasteiger partial charge in [0, 0.05) is 11.8 Å². The van der Waals surface area contributed by atoms with Crippen LogP contribution in [0.4, 0.5) is 0 Å². The highest BCUT2D eigenvalue weighted by Crippen LogP contribution is 2.38. The Morgan fingerprint density at radius 1 is 0.839 bits per heavy atom. The van der Waals surface area contributed by atoms with Crippen molar-refractivity contribution in [1.82, 2.24) is 0 Å². The van der Waals surface area contributed by atoms with E-state index >= 15 is 0 Å². The van der Waals surface area contributed by atoms with E-state index in [1.165, 1.54) is 0 Å². The molecule has 0 saturated heterocycles. The second kappa shape index (κ2) is 11.3. The maximum Gasteiger partial charge on any atom is 0.323 e. The number of carbonyl (C=O) groups excluding carboxylic acids is 2. The number of ether oxygens (including phenoxy) is 2. The van der Waals surface area contributed by atoms with Gasteiger partial charge in [0.2, 0.25) is 0 Å². The van der Waals surface area contributed by atoms with Crippen LogP contribution in [0.15, 0.2) is 48.5 Å². The van der Waals surface area contributed by atoms with Gasteiger partial charge >= 0.3 is 17.9 Å². The number of hydrogen-bond acceptors (Lipinski definition) is 5. The molecular formula is C23H24I2O6. The largest absolute Gasteiger partial charge is 0.481 e. The molecule has 2 aromatic rings. The maximum absolute atomic E-state index is 11.8. The van der Waals surface area contributed by atoms with E-state index < -0.39 is 11.4 Å². The summed E-state index contributed by atoms with van der Waals surface area (Å²) in [5.74, 6) is -0.656. The average molecular weight is 650 g/mol. The number of halogens is 2. The minimum atomic E-state index is -0.880. The predicted molar refractivity (Wildman–Crippen MR) is 134 cm³/mol.